The van der Waals surface area contributed by atoms with Crippen LogP contribution in [0.25, 0.3) is 11.1 Å². The molecule has 0 spiro atoms. The summed E-state index contributed by atoms with van der Waals surface area (Å²) >= 11 is 0. The summed E-state index contributed by atoms with van der Waals surface area (Å²) in [6, 6.07) is 33.8. The molecule has 2 N–H and O–H groups in total. The zero-order valence-electron chi connectivity index (χ0n) is 41.9. The zero-order valence-corrected chi connectivity index (χ0v) is 41.9. The number of aliphatic hydroxyl groups is 2. The Hall–Kier alpha value is -5.42. The van der Waals surface area contributed by atoms with Crippen molar-refractivity contribution in [2.24, 2.45) is 22.9 Å². The summed E-state index contributed by atoms with van der Waals surface area (Å²) in [4.78, 5) is 22.3. The van der Waals surface area contributed by atoms with Gasteiger partial charge in [-0.3, -0.25) is 0 Å². The molecular weight excluding hydrogens is 877 g/mol. The van der Waals surface area contributed by atoms with Crippen LogP contribution in [0, 0.1) is 17.8 Å². The molecule has 0 saturated heterocycles. The lowest BCUT2D eigenvalue weighted by atomic mass is 9.55. The number of fused-ring (bicyclic) bond motifs is 2. The number of unbranched alkanes of at least 4 members (excludes halogenated alkanes) is 11. The fraction of sp³-hybridized carbons (Fsp3) is 0.500. The maximum absolute atomic E-state index is 14.4. The fourth-order valence-electron chi connectivity index (χ4n) is 11.0. The number of carbonyl (C=O) groups is 1. The Bertz CT molecular complexity index is 2270. The SMILES string of the molecule is C=CCO[C@@]12Oc3ccc(Oc4ccc(-c5ccccc5)cc4)cc3[C@H]3[C@H](CCCCO)[C@@H](CCCCO)C=C(C(=NOCc4ccccc4)C[C@@H]1N(C)C(=O)OCCCCCCCCCCCC)[C@H]32. The molecule has 0 bridgehead atoms. The Balaban J connectivity index is 1.25. The number of ether oxygens (including phenoxy) is 4. The molecule has 1 aliphatic heterocycles. The van der Waals surface area contributed by atoms with Gasteiger partial charge in [-0.25, -0.2) is 4.79 Å². The predicted molar refractivity (Wildman–Crippen MR) is 279 cm³/mol. The molecule has 0 radical (unpaired) electrons. The molecule has 1 heterocycles. The Morgan fingerprint density at radius 3 is 2.11 bits per heavy atom. The van der Waals surface area contributed by atoms with Gasteiger partial charge in [-0.2, -0.15) is 0 Å². The van der Waals surface area contributed by atoms with E-state index in [-0.39, 0.29) is 44.2 Å². The first kappa shape index (κ1) is 52.4. The third kappa shape index (κ3) is 13.5. The summed E-state index contributed by atoms with van der Waals surface area (Å²) in [6.45, 7) is 7.33. The van der Waals surface area contributed by atoms with E-state index >= 15 is 0 Å². The maximum Gasteiger partial charge on any atom is 0.409 e. The molecule has 1 saturated carbocycles. The van der Waals surface area contributed by atoms with Crippen LogP contribution in [-0.2, 0) is 20.9 Å². The van der Waals surface area contributed by atoms with Gasteiger partial charge in [0.25, 0.3) is 0 Å². The fourth-order valence-corrected chi connectivity index (χ4v) is 11.0. The number of benzene rings is 4. The second-order valence-corrected chi connectivity index (χ2v) is 19.4. The van der Waals surface area contributed by atoms with Crippen molar-refractivity contribution < 1.29 is 38.8 Å². The van der Waals surface area contributed by atoms with E-state index in [0.717, 1.165) is 78.5 Å². The lowest BCUT2D eigenvalue weighted by molar-refractivity contribution is -0.253. The number of aliphatic hydroxyl groups excluding tert-OH is 2. The summed E-state index contributed by atoms with van der Waals surface area (Å²) in [5, 5.41) is 25.0. The van der Waals surface area contributed by atoms with Crippen molar-refractivity contribution in [1.29, 1.82) is 0 Å². The monoisotopic (exact) mass is 955 g/mol. The van der Waals surface area contributed by atoms with Crippen LogP contribution in [0.2, 0.25) is 0 Å². The lowest BCUT2D eigenvalue weighted by Gasteiger charge is -2.59. The van der Waals surface area contributed by atoms with Crippen molar-refractivity contribution in [1.82, 2.24) is 4.90 Å². The maximum atomic E-state index is 14.4. The molecule has 7 rings (SSSR count). The number of oxime groups is 1. The molecule has 10 heteroatoms. The number of hydrogen-bond donors (Lipinski definition) is 2. The average molecular weight is 955 g/mol. The van der Waals surface area contributed by atoms with Crippen molar-refractivity contribution in [3.05, 3.63) is 139 Å². The highest BCUT2D eigenvalue weighted by molar-refractivity contribution is 6.03. The molecule has 4 aromatic rings. The van der Waals surface area contributed by atoms with Gasteiger partial charge in [-0.05, 0) is 96.5 Å². The van der Waals surface area contributed by atoms with E-state index in [2.05, 4.69) is 49.9 Å². The van der Waals surface area contributed by atoms with Gasteiger partial charge in [0.1, 0.15) is 29.9 Å². The third-order valence-electron chi connectivity index (χ3n) is 14.6. The Kier molecular flexibility index (Phi) is 20.4. The van der Waals surface area contributed by atoms with Crippen molar-refractivity contribution in [3.63, 3.8) is 0 Å². The third-order valence-corrected chi connectivity index (χ3v) is 14.6. The Labute approximate surface area is 417 Å². The van der Waals surface area contributed by atoms with Crippen molar-refractivity contribution in [2.45, 2.75) is 140 Å². The van der Waals surface area contributed by atoms with E-state index in [4.69, 9.17) is 28.9 Å². The molecule has 0 unspecified atom stereocenters. The Morgan fingerprint density at radius 2 is 1.43 bits per heavy atom. The van der Waals surface area contributed by atoms with Gasteiger partial charge in [0.2, 0.25) is 5.79 Å². The van der Waals surface area contributed by atoms with Gasteiger partial charge < -0.3 is 38.9 Å². The highest BCUT2D eigenvalue weighted by atomic mass is 16.7. The highest BCUT2D eigenvalue weighted by Crippen LogP contribution is 2.62. The van der Waals surface area contributed by atoms with E-state index < -0.39 is 23.8 Å². The van der Waals surface area contributed by atoms with Crippen LogP contribution in [0.3, 0.4) is 0 Å². The molecule has 1 amide bonds. The molecule has 6 atom stereocenters. The predicted octanol–water partition coefficient (Wildman–Crippen LogP) is 14.0. The second kappa shape index (κ2) is 27.3. The number of carbonyl (C=O) groups excluding carboxylic acids is 1. The van der Waals surface area contributed by atoms with Gasteiger partial charge in [-0.1, -0.05) is 168 Å². The van der Waals surface area contributed by atoms with Crippen LogP contribution in [0.1, 0.15) is 133 Å². The van der Waals surface area contributed by atoms with E-state index in [1.807, 2.05) is 72.8 Å². The summed E-state index contributed by atoms with van der Waals surface area (Å²) in [5.41, 5.74) is 5.94. The van der Waals surface area contributed by atoms with Crippen LogP contribution in [0.15, 0.2) is 133 Å². The first-order valence-corrected chi connectivity index (χ1v) is 26.4. The van der Waals surface area contributed by atoms with Gasteiger partial charge in [-0.15, -0.1) is 6.58 Å². The number of rotatable bonds is 29. The topological polar surface area (TPSA) is 119 Å². The molecule has 376 valence electrons. The van der Waals surface area contributed by atoms with Gasteiger partial charge in [0.05, 0.1) is 24.8 Å². The first-order valence-electron chi connectivity index (χ1n) is 26.4. The minimum atomic E-state index is -1.37. The number of allylic oxidation sites excluding steroid dienone is 1. The zero-order chi connectivity index (χ0) is 49.0. The number of hydrogen-bond acceptors (Lipinski definition) is 9. The quantitative estimate of drug-likeness (QED) is 0.0314. The summed E-state index contributed by atoms with van der Waals surface area (Å²) in [7, 11) is 1.79. The molecule has 1 fully saturated rings. The van der Waals surface area contributed by atoms with Crippen LogP contribution >= 0.6 is 0 Å². The van der Waals surface area contributed by atoms with Crippen LogP contribution in [0.5, 0.6) is 17.2 Å². The van der Waals surface area contributed by atoms with Crippen LogP contribution in [0.4, 0.5) is 4.79 Å². The molecule has 0 aromatic heterocycles. The van der Waals surface area contributed by atoms with E-state index in [9.17, 15) is 15.0 Å². The van der Waals surface area contributed by atoms with Gasteiger partial charge >= 0.3 is 6.09 Å². The second-order valence-electron chi connectivity index (χ2n) is 19.4. The minimum Gasteiger partial charge on any atom is -0.459 e. The van der Waals surface area contributed by atoms with Crippen LogP contribution in [-0.4, -0.2) is 72.2 Å². The van der Waals surface area contributed by atoms with Gasteiger partial charge in [0.15, 0.2) is 0 Å². The molecule has 70 heavy (non-hydrogen) atoms. The van der Waals surface area contributed by atoms with Crippen molar-refractivity contribution >= 4 is 11.8 Å². The number of amides is 1. The van der Waals surface area contributed by atoms with E-state index in [1.165, 1.54) is 44.9 Å². The number of likely N-dealkylation sites (N-methyl/N-ethyl adjacent to an activating group) is 1. The Morgan fingerprint density at radius 1 is 0.786 bits per heavy atom. The molecule has 3 aliphatic rings. The largest absolute Gasteiger partial charge is 0.459 e. The van der Waals surface area contributed by atoms with E-state index in [0.29, 0.717) is 43.1 Å². The normalized spacial score (nSPS) is 21.7. The van der Waals surface area contributed by atoms with E-state index in [1.54, 1.807) is 18.0 Å². The summed E-state index contributed by atoms with van der Waals surface area (Å²) < 4.78 is 27.2. The van der Waals surface area contributed by atoms with Gasteiger partial charge in [0, 0.05) is 38.2 Å². The van der Waals surface area contributed by atoms with Crippen molar-refractivity contribution in [3.8, 4) is 28.4 Å². The standard InChI is InChI=1S/C60H78N2O8/c1-4-6-7-8-9-10-11-12-13-24-40-66-59(65)62(3)56-43-54(61-68-44-45-25-16-14-17-26-45)52-41-48(29-20-22-37-63)51(30-21-23-38-64)57-53-42-50(35-36-55(53)70-60(56,58(52)57)67-39-5-2)69-49-33-31-47(32-34-49)46-27-18-15-19-28-46/h5,14-19,25-28,31-36,41-42,48,51,56-58,63-64H,2,4,6-13,20-24,29-30,37-40,43-44H2,1,3H3/t48-,51+,56-,57+,58+,60+/m0/s1. The summed E-state index contributed by atoms with van der Waals surface area (Å²) in [5.74, 6) is 0.228. The molecule has 4 aromatic carbocycles. The highest BCUT2D eigenvalue weighted by Gasteiger charge is 2.65. The summed E-state index contributed by atoms with van der Waals surface area (Å²) in [6.07, 6.45) is 20.6. The lowest BCUT2D eigenvalue weighted by Crippen LogP contribution is -2.69. The van der Waals surface area contributed by atoms with Crippen molar-refractivity contribution in [2.75, 3.05) is 33.5 Å². The smallest absolute Gasteiger partial charge is 0.409 e. The average Bonchev–Trinajstić information content (AvgIpc) is 3.39. The molecule has 10 nitrogen and oxygen atoms in total. The first-order chi connectivity index (χ1) is 34.4. The minimum absolute atomic E-state index is 0.0765. The molecular formula is C60H78N2O8. The number of nitrogens with zero attached hydrogens (tertiary/aromatic N) is 2. The van der Waals surface area contributed by atoms with Crippen LogP contribution < -0.4 is 9.47 Å². The molecule has 2 aliphatic carbocycles.